The molecule has 0 saturated carbocycles. The molecule has 0 amide bonds. The fraction of sp³-hybridized carbons (Fsp3) is 0.438. The van der Waals surface area contributed by atoms with E-state index < -0.39 is 11.4 Å². The van der Waals surface area contributed by atoms with Gasteiger partial charge in [0.15, 0.2) is 0 Å². The maximum Gasteiger partial charge on any atom is 0.137 e. The number of halogens is 1. The molecule has 21 heavy (non-hydrogen) atoms. The number of benzene rings is 1. The Kier molecular flexibility index (Phi) is 4.98. The molecular weight excluding hydrogens is 348 g/mol. The second-order valence-electron chi connectivity index (χ2n) is 6.16. The Labute approximate surface area is 138 Å². The van der Waals surface area contributed by atoms with Gasteiger partial charge in [-0.3, -0.25) is 4.98 Å². The molecule has 3 nitrogen and oxygen atoms in total. The van der Waals surface area contributed by atoms with Crippen LogP contribution in [0.2, 0.25) is 0 Å². The molecule has 1 aromatic carbocycles. The lowest BCUT2D eigenvalue weighted by atomic mass is 10.1. The second-order valence-corrected chi connectivity index (χ2v) is 9.37. The zero-order valence-corrected chi connectivity index (χ0v) is 15.5. The molecule has 0 bridgehead atoms. The lowest BCUT2D eigenvalue weighted by molar-refractivity contribution is 0.377. The molecular formula is C16H21BrN2OS. The van der Waals surface area contributed by atoms with Crippen molar-refractivity contribution in [3.63, 3.8) is 0 Å². The summed E-state index contributed by atoms with van der Waals surface area (Å²) >= 11 is 2.41. The summed E-state index contributed by atoms with van der Waals surface area (Å²) in [4.78, 5) is 4.72. The topological polar surface area (TPSA) is 39.2 Å². The van der Waals surface area contributed by atoms with Crippen molar-refractivity contribution in [1.82, 2.24) is 9.29 Å². The van der Waals surface area contributed by atoms with Crippen LogP contribution < -0.4 is 0 Å². The van der Waals surface area contributed by atoms with E-state index in [2.05, 4.69) is 22.0 Å². The number of hydrogen-bond donors (Lipinski definition) is 0. The first-order chi connectivity index (χ1) is 9.70. The molecule has 2 rings (SSSR count). The third-order valence-electron chi connectivity index (χ3n) is 3.43. The summed E-state index contributed by atoms with van der Waals surface area (Å²) < 4.78 is 15.1. The molecule has 0 aliphatic rings. The van der Waals surface area contributed by atoms with E-state index in [-0.39, 0.29) is 10.8 Å². The van der Waals surface area contributed by atoms with Gasteiger partial charge in [-0.15, -0.1) is 4.31 Å². The van der Waals surface area contributed by atoms with Gasteiger partial charge in [-0.2, -0.15) is 0 Å². The van der Waals surface area contributed by atoms with Crippen LogP contribution in [0.4, 0.5) is 0 Å². The molecule has 0 N–H and O–H groups in total. The highest BCUT2D eigenvalue weighted by Gasteiger charge is 2.34. The van der Waals surface area contributed by atoms with Gasteiger partial charge in [0.1, 0.15) is 4.75 Å². The standard InChI is InChI=1S/C16H21BrN2OS/c1-11(19(5)21(20)16(2,3)4)14-9-7-12-6-8-13(17)10-15(12)18-14/h6-11H,1-5H3/t11-,21?/m1/s1. The zero-order valence-electron chi connectivity index (χ0n) is 13.1. The Morgan fingerprint density at radius 2 is 1.86 bits per heavy atom. The molecule has 0 spiro atoms. The summed E-state index contributed by atoms with van der Waals surface area (Å²) in [6, 6.07) is 10.1. The van der Waals surface area contributed by atoms with Gasteiger partial charge in [0.25, 0.3) is 0 Å². The Balaban J connectivity index is 2.32. The minimum atomic E-state index is -1.07. The normalized spacial score (nSPS) is 15.4. The van der Waals surface area contributed by atoms with E-state index >= 15 is 0 Å². The van der Waals surface area contributed by atoms with Gasteiger partial charge in [0, 0.05) is 28.3 Å². The molecule has 114 valence electrons. The van der Waals surface area contributed by atoms with Crippen LogP contribution in [0.5, 0.6) is 0 Å². The molecule has 2 aromatic rings. The highest BCUT2D eigenvalue weighted by molar-refractivity contribution is 9.10. The number of rotatable bonds is 3. The van der Waals surface area contributed by atoms with E-state index in [4.69, 9.17) is 4.98 Å². The molecule has 0 aliphatic heterocycles. The lowest BCUT2D eigenvalue weighted by Crippen LogP contribution is -2.42. The molecule has 0 saturated heterocycles. The van der Waals surface area contributed by atoms with Gasteiger partial charge in [0.2, 0.25) is 0 Å². The summed E-state index contributed by atoms with van der Waals surface area (Å²) in [6.45, 7) is 7.99. The molecule has 5 heteroatoms. The van der Waals surface area contributed by atoms with Crippen LogP contribution in [0.25, 0.3) is 10.9 Å². The monoisotopic (exact) mass is 368 g/mol. The van der Waals surface area contributed by atoms with Crippen molar-refractivity contribution in [1.29, 1.82) is 0 Å². The van der Waals surface area contributed by atoms with Gasteiger partial charge in [-0.25, -0.2) is 0 Å². The third kappa shape index (κ3) is 3.77. The molecule has 0 radical (unpaired) electrons. The summed E-state index contributed by atoms with van der Waals surface area (Å²) in [5.74, 6) is 0. The van der Waals surface area contributed by atoms with E-state index in [0.29, 0.717) is 0 Å². The number of pyridine rings is 1. The van der Waals surface area contributed by atoms with Gasteiger partial charge >= 0.3 is 0 Å². The molecule has 1 aromatic heterocycles. The average Bonchev–Trinajstić information content (AvgIpc) is 2.43. The summed E-state index contributed by atoms with van der Waals surface area (Å²) in [7, 11) is 1.89. The van der Waals surface area contributed by atoms with Gasteiger partial charge < -0.3 is 4.55 Å². The SMILES string of the molecule is C[C@H](c1ccc2ccc(Br)cc2n1)N(C)[S+]([O-])C(C)(C)C. The minimum absolute atomic E-state index is 0.00607. The number of fused-ring (bicyclic) bond motifs is 1. The van der Waals surface area contributed by atoms with Crippen LogP contribution in [0.15, 0.2) is 34.8 Å². The number of aromatic nitrogens is 1. The summed E-state index contributed by atoms with van der Waals surface area (Å²) in [5, 5.41) is 1.11. The van der Waals surface area contributed by atoms with Crippen LogP contribution >= 0.6 is 15.9 Å². The fourth-order valence-electron chi connectivity index (χ4n) is 2.10. The van der Waals surface area contributed by atoms with E-state index in [1.165, 1.54) is 0 Å². The highest BCUT2D eigenvalue weighted by Crippen LogP contribution is 2.28. The molecule has 1 heterocycles. The first-order valence-electron chi connectivity index (χ1n) is 6.91. The Morgan fingerprint density at radius 3 is 2.48 bits per heavy atom. The largest absolute Gasteiger partial charge is 0.597 e. The van der Waals surface area contributed by atoms with Crippen LogP contribution in [0.1, 0.15) is 39.4 Å². The van der Waals surface area contributed by atoms with Crippen molar-refractivity contribution < 1.29 is 4.55 Å². The van der Waals surface area contributed by atoms with E-state index in [1.54, 1.807) is 0 Å². The fourth-order valence-corrected chi connectivity index (χ4v) is 3.71. The predicted molar refractivity (Wildman–Crippen MR) is 93.5 cm³/mol. The average molecular weight is 369 g/mol. The quantitative estimate of drug-likeness (QED) is 0.751. The smallest absolute Gasteiger partial charge is 0.137 e. The van der Waals surface area contributed by atoms with E-state index in [0.717, 1.165) is 21.1 Å². The Bertz CT molecular complexity index is 642. The van der Waals surface area contributed by atoms with E-state index in [9.17, 15) is 4.55 Å². The van der Waals surface area contributed by atoms with Gasteiger partial charge in [-0.05, 0) is 45.9 Å². The zero-order chi connectivity index (χ0) is 15.8. The summed E-state index contributed by atoms with van der Waals surface area (Å²) in [6.07, 6.45) is 0. The van der Waals surface area contributed by atoms with Crippen molar-refractivity contribution in [2.75, 3.05) is 7.05 Å². The van der Waals surface area contributed by atoms with Crippen molar-refractivity contribution in [2.24, 2.45) is 0 Å². The number of nitrogens with zero attached hydrogens (tertiary/aromatic N) is 2. The van der Waals surface area contributed by atoms with Crippen molar-refractivity contribution in [2.45, 2.75) is 38.5 Å². The van der Waals surface area contributed by atoms with Crippen LogP contribution in [-0.2, 0) is 11.4 Å². The highest BCUT2D eigenvalue weighted by atomic mass is 79.9. The van der Waals surface area contributed by atoms with Crippen molar-refractivity contribution in [3.05, 3.63) is 40.5 Å². The van der Waals surface area contributed by atoms with Gasteiger partial charge in [0.05, 0.1) is 17.3 Å². The Morgan fingerprint density at radius 1 is 1.24 bits per heavy atom. The Hall–Kier alpha value is -0.620. The van der Waals surface area contributed by atoms with Crippen LogP contribution in [-0.4, -0.2) is 25.6 Å². The third-order valence-corrected chi connectivity index (χ3v) is 5.81. The maximum absolute atomic E-state index is 12.5. The van der Waals surface area contributed by atoms with E-state index in [1.807, 2.05) is 63.3 Å². The molecule has 0 fully saturated rings. The predicted octanol–water partition coefficient (Wildman–Crippen LogP) is 4.45. The second kappa shape index (κ2) is 6.24. The minimum Gasteiger partial charge on any atom is -0.597 e. The van der Waals surface area contributed by atoms with Crippen LogP contribution in [0.3, 0.4) is 0 Å². The molecule has 2 atom stereocenters. The molecule has 0 aliphatic carbocycles. The van der Waals surface area contributed by atoms with Crippen molar-refractivity contribution >= 4 is 38.2 Å². The van der Waals surface area contributed by atoms with Crippen LogP contribution in [0, 0.1) is 0 Å². The lowest BCUT2D eigenvalue weighted by Gasteiger charge is -2.33. The number of hydrogen-bond acceptors (Lipinski definition) is 3. The van der Waals surface area contributed by atoms with Crippen molar-refractivity contribution in [3.8, 4) is 0 Å². The van der Waals surface area contributed by atoms with Gasteiger partial charge in [-0.1, -0.05) is 28.1 Å². The first kappa shape index (κ1) is 16.7. The maximum atomic E-state index is 12.5. The summed E-state index contributed by atoms with van der Waals surface area (Å²) in [5.41, 5.74) is 1.88. The molecule has 1 unspecified atom stereocenters. The first-order valence-corrected chi connectivity index (χ1v) is 8.81.